The number of hydrogen-bond acceptors (Lipinski definition) is 3. The van der Waals surface area contributed by atoms with Crippen LogP contribution in [0.3, 0.4) is 0 Å². The Labute approximate surface area is 98.0 Å². The molecule has 0 spiro atoms. The van der Waals surface area contributed by atoms with Gasteiger partial charge in [-0.1, -0.05) is 0 Å². The van der Waals surface area contributed by atoms with Crippen molar-refractivity contribution in [2.75, 3.05) is 6.26 Å². The van der Waals surface area contributed by atoms with E-state index in [1.165, 1.54) is 18.2 Å². The van der Waals surface area contributed by atoms with E-state index in [-0.39, 0.29) is 16.2 Å². The maximum Gasteiger partial charge on any atom is 0.352 e. The molecule has 1 radical (unpaired) electrons. The maximum atomic E-state index is 11.4. The second-order valence-corrected chi connectivity index (χ2v) is 5.78. The van der Waals surface area contributed by atoms with Gasteiger partial charge in [-0.15, -0.1) is 0 Å². The summed E-state index contributed by atoms with van der Waals surface area (Å²) >= 11 is 0. The van der Waals surface area contributed by atoms with Crippen molar-refractivity contribution < 1.29 is 18.3 Å². The molecule has 0 aliphatic heterocycles. The number of sulfone groups is 1. The van der Waals surface area contributed by atoms with Gasteiger partial charge in [-0.2, -0.15) is 0 Å². The second-order valence-electron chi connectivity index (χ2n) is 3.76. The van der Waals surface area contributed by atoms with Gasteiger partial charge in [0.15, 0.2) is 9.84 Å². The SMILES string of the molecule is [CH2]c1c(C(=O)O)[nH]c2ccc(S(C)(=O)=O)cc12. The number of carboxylic acid groups (broad SMARTS) is 1. The quantitative estimate of drug-likeness (QED) is 0.846. The summed E-state index contributed by atoms with van der Waals surface area (Å²) in [4.78, 5) is 13.7. The van der Waals surface area contributed by atoms with Crippen LogP contribution in [-0.4, -0.2) is 30.7 Å². The monoisotopic (exact) mass is 252 g/mol. The van der Waals surface area contributed by atoms with E-state index in [0.717, 1.165) is 6.26 Å². The molecule has 2 rings (SSSR count). The lowest BCUT2D eigenvalue weighted by Gasteiger charge is -1.98. The average molecular weight is 252 g/mol. The largest absolute Gasteiger partial charge is 0.477 e. The van der Waals surface area contributed by atoms with E-state index in [2.05, 4.69) is 11.9 Å². The zero-order valence-electron chi connectivity index (χ0n) is 9.02. The number of nitrogens with one attached hydrogen (secondary N) is 1. The molecular weight excluding hydrogens is 242 g/mol. The molecule has 0 aliphatic carbocycles. The number of benzene rings is 1. The van der Waals surface area contributed by atoms with Gasteiger partial charge in [-0.05, 0) is 30.7 Å². The second kappa shape index (κ2) is 3.59. The van der Waals surface area contributed by atoms with E-state index >= 15 is 0 Å². The van der Waals surface area contributed by atoms with Gasteiger partial charge in [0.1, 0.15) is 5.69 Å². The molecule has 0 unspecified atom stereocenters. The highest BCUT2D eigenvalue weighted by atomic mass is 32.2. The summed E-state index contributed by atoms with van der Waals surface area (Å²) in [6, 6.07) is 4.39. The molecule has 0 fully saturated rings. The first-order valence-electron chi connectivity index (χ1n) is 4.72. The number of carbonyl (C=O) groups is 1. The van der Waals surface area contributed by atoms with Crippen LogP contribution in [0.4, 0.5) is 0 Å². The summed E-state index contributed by atoms with van der Waals surface area (Å²) < 4.78 is 22.8. The molecule has 0 saturated carbocycles. The summed E-state index contributed by atoms with van der Waals surface area (Å²) in [5.41, 5.74) is 0.823. The standard InChI is InChI=1S/C11H10NO4S/c1-6-8-5-7(17(2,15)16)3-4-9(8)12-10(6)11(13)14/h3-5,12H,1H2,2H3,(H,13,14). The van der Waals surface area contributed by atoms with Crippen LogP contribution in [0.2, 0.25) is 0 Å². The van der Waals surface area contributed by atoms with Gasteiger partial charge < -0.3 is 10.1 Å². The predicted molar refractivity (Wildman–Crippen MR) is 62.8 cm³/mol. The molecule has 0 amide bonds. The maximum absolute atomic E-state index is 11.4. The zero-order valence-corrected chi connectivity index (χ0v) is 9.84. The van der Waals surface area contributed by atoms with E-state index in [1.807, 2.05) is 0 Å². The fraction of sp³-hybridized carbons (Fsp3) is 0.0909. The topological polar surface area (TPSA) is 87.2 Å². The minimum absolute atomic E-state index is 0.0225. The van der Waals surface area contributed by atoms with Crippen LogP contribution in [0.25, 0.3) is 10.9 Å². The van der Waals surface area contributed by atoms with E-state index in [4.69, 9.17) is 5.11 Å². The molecule has 6 heteroatoms. The van der Waals surface area contributed by atoms with Gasteiger partial charge in [0.05, 0.1) is 4.90 Å². The zero-order chi connectivity index (χ0) is 12.8. The molecule has 0 bridgehead atoms. The van der Waals surface area contributed by atoms with Gasteiger partial charge >= 0.3 is 5.97 Å². The number of aromatic nitrogens is 1. The highest BCUT2D eigenvalue weighted by molar-refractivity contribution is 7.90. The molecule has 0 atom stereocenters. The Morgan fingerprint density at radius 3 is 2.59 bits per heavy atom. The van der Waals surface area contributed by atoms with Gasteiger partial charge in [-0.25, -0.2) is 13.2 Å². The van der Waals surface area contributed by atoms with Crippen LogP contribution in [0.1, 0.15) is 16.1 Å². The summed E-state index contributed by atoms with van der Waals surface area (Å²) in [6.07, 6.45) is 1.10. The molecule has 0 saturated heterocycles. The first-order chi connectivity index (χ1) is 7.80. The van der Waals surface area contributed by atoms with E-state index < -0.39 is 15.8 Å². The normalized spacial score (nSPS) is 11.9. The number of rotatable bonds is 2. The number of H-pyrrole nitrogens is 1. The van der Waals surface area contributed by atoms with Crippen LogP contribution in [0, 0.1) is 6.92 Å². The van der Waals surface area contributed by atoms with E-state index in [0.29, 0.717) is 10.9 Å². The summed E-state index contributed by atoms with van der Waals surface area (Å²) in [5, 5.41) is 9.41. The van der Waals surface area contributed by atoms with Gasteiger partial charge in [-0.3, -0.25) is 0 Å². The molecule has 0 aliphatic rings. The lowest BCUT2D eigenvalue weighted by molar-refractivity contribution is 0.0691. The lowest BCUT2D eigenvalue weighted by Crippen LogP contribution is -1.98. The van der Waals surface area contributed by atoms with Gasteiger partial charge in [0.25, 0.3) is 0 Å². The molecule has 89 valence electrons. The third-order valence-corrected chi connectivity index (χ3v) is 3.63. The number of fused-ring (bicyclic) bond motifs is 1. The third kappa shape index (κ3) is 1.91. The van der Waals surface area contributed by atoms with Crippen molar-refractivity contribution in [3.05, 3.63) is 36.4 Å². The highest BCUT2D eigenvalue weighted by Gasteiger charge is 2.15. The fourth-order valence-corrected chi connectivity index (χ4v) is 2.29. The molecule has 2 aromatic rings. The van der Waals surface area contributed by atoms with Crippen molar-refractivity contribution in [2.24, 2.45) is 0 Å². The smallest absolute Gasteiger partial charge is 0.352 e. The first-order valence-corrected chi connectivity index (χ1v) is 6.61. The molecule has 1 heterocycles. The molecule has 1 aromatic heterocycles. The third-order valence-electron chi connectivity index (χ3n) is 2.52. The van der Waals surface area contributed by atoms with Crippen molar-refractivity contribution in [1.82, 2.24) is 4.98 Å². The molecular formula is C11H10NO4S. The highest BCUT2D eigenvalue weighted by Crippen LogP contribution is 2.24. The average Bonchev–Trinajstić information content (AvgIpc) is 2.54. The number of carboxylic acids is 1. The predicted octanol–water partition coefficient (Wildman–Crippen LogP) is 1.45. The summed E-state index contributed by atoms with van der Waals surface area (Å²) in [7, 11) is -3.31. The van der Waals surface area contributed by atoms with Gasteiger partial charge in [0, 0.05) is 17.2 Å². The Kier molecular flexibility index (Phi) is 2.46. The Morgan fingerprint density at radius 1 is 1.41 bits per heavy atom. The van der Waals surface area contributed by atoms with Crippen LogP contribution in [0.15, 0.2) is 23.1 Å². The van der Waals surface area contributed by atoms with E-state index in [9.17, 15) is 13.2 Å². The Hall–Kier alpha value is -1.82. The van der Waals surface area contributed by atoms with Crippen molar-refractivity contribution in [3.63, 3.8) is 0 Å². The van der Waals surface area contributed by atoms with Crippen molar-refractivity contribution >= 4 is 26.7 Å². The van der Waals surface area contributed by atoms with Crippen LogP contribution in [-0.2, 0) is 9.84 Å². The van der Waals surface area contributed by atoms with Crippen molar-refractivity contribution in [3.8, 4) is 0 Å². The number of hydrogen-bond donors (Lipinski definition) is 2. The van der Waals surface area contributed by atoms with Crippen LogP contribution < -0.4 is 0 Å². The molecule has 2 N–H and O–H groups in total. The van der Waals surface area contributed by atoms with E-state index in [1.54, 1.807) is 0 Å². The molecule has 5 nitrogen and oxygen atoms in total. The Bertz CT molecular complexity index is 712. The summed E-state index contributed by atoms with van der Waals surface area (Å²) in [5.74, 6) is -1.12. The minimum Gasteiger partial charge on any atom is -0.477 e. The fourth-order valence-electron chi connectivity index (χ4n) is 1.64. The van der Waals surface area contributed by atoms with Gasteiger partial charge in [0.2, 0.25) is 0 Å². The molecule has 17 heavy (non-hydrogen) atoms. The first kappa shape index (κ1) is 11.7. The minimum atomic E-state index is -3.31. The lowest BCUT2D eigenvalue weighted by atomic mass is 10.1. The van der Waals surface area contributed by atoms with Crippen molar-refractivity contribution in [1.29, 1.82) is 0 Å². The molecule has 1 aromatic carbocycles. The number of aromatic amines is 1. The van der Waals surface area contributed by atoms with Crippen molar-refractivity contribution in [2.45, 2.75) is 4.90 Å². The van der Waals surface area contributed by atoms with Crippen LogP contribution >= 0.6 is 0 Å². The Morgan fingerprint density at radius 2 is 2.06 bits per heavy atom. The Balaban J connectivity index is 2.78. The van der Waals surface area contributed by atoms with Crippen LogP contribution in [0.5, 0.6) is 0 Å². The summed E-state index contributed by atoms with van der Waals surface area (Å²) in [6.45, 7) is 3.65. The number of aromatic carboxylic acids is 1.